The Labute approximate surface area is 112 Å². The van der Waals surface area contributed by atoms with E-state index in [0.29, 0.717) is 5.96 Å². The summed E-state index contributed by atoms with van der Waals surface area (Å²) in [4.78, 5) is 10.3. The molecule has 1 heterocycles. The Kier molecular flexibility index (Phi) is 3.89. The maximum absolute atomic E-state index is 5.98. The van der Waals surface area contributed by atoms with E-state index in [1.807, 2.05) is 29.2 Å². The number of hydrogen-bond acceptors (Lipinski definition) is 6. The Morgan fingerprint density at radius 2 is 1.95 bits per heavy atom. The van der Waals surface area contributed by atoms with Crippen LogP contribution in [0, 0.1) is 0 Å². The van der Waals surface area contributed by atoms with Gasteiger partial charge in [0.05, 0.1) is 7.11 Å². The van der Waals surface area contributed by atoms with E-state index in [4.69, 9.17) is 16.2 Å². The first kappa shape index (κ1) is 13.2. The normalized spacial score (nSPS) is 18.8. The maximum Gasteiger partial charge on any atom is 0.220 e. The van der Waals surface area contributed by atoms with Gasteiger partial charge in [0.1, 0.15) is 11.9 Å². The summed E-state index contributed by atoms with van der Waals surface area (Å²) in [5.74, 6) is 1.41. The van der Waals surface area contributed by atoms with E-state index in [0.717, 1.165) is 24.3 Å². The number of guanidine groups is 2. The van der Waals surface area contributed by atoms with E-state index in [9.17, 15) is 0 Å². The summed E-state index contributed by atoms with van der Waals surface area (Å²) < 4.78 is 5.15. The van der Waals surface area contributed by atoms with Gasteiger partial charge in [0.2, 0.25) is 11.9 Å². The predicted molar refractivity (Wildman–Crippen MR) is 77.4 cm³/mol. The molecule has 1 aliphatic rings. The lowest BCUT2D eigenvalue weighted by Gasteiger charge is -2.32. The van der Waals surface area contributed by atoms with Crippen LogP contribution >= 0.6 is 0 Å². The summed E-state index contributed by atoms with van der Waals surface area (Å²) in [7, 11) is 1.64. The topological polar surface area (TPSA) is 89.2 Å². The first-order chi connectivity index (χ1) is 9.15. The van der Waals surface area contributed by atoms with Crippen LogP contribution in [-0.4, -0.2) is 25.2 Å². The van der Waals surface area contributed by atoms with E-state index in [-0.39, 0.29) is 12.1 Å². The minimum Gasteiger partial charge on any atom is -0.497 e. The molecular weight excluding hydrogens is 242 g/mol. The summed E-state index contributed by atoms with van der Waals surface area (Å²) in [6, 6.07) is 7.63. The fourth-order valence-corrected chi connectivity index (χ4v) is 2.06. The van der Waals surface area contributed by atoms with Gasteiger partial charge in [-0.2, -0.15) is 4.99 Å². The lowest BCUT2D eigenvalue weighted by atomic mass is 10.2. The first-order valence-electron chi connectivity index (χ1n) is 6.26. The van der Waals surface area contributed by atoms with Gasteiger partial charge in [-0.15, -0.1) is 0 Å². The van der Waals surface area contributed by atoms with Crippen molar-refractivity contribution in [2.45, 2.75) is 25.9 Å². The predicted octanol–water partition coefficient (Wildman–Crippen LogP) is 1.27. The van der Waals surface area contributed by atoms with Gasteiger partial charge in [-0.3, -0.25) is 4.90 Å². The third-order valence-electron chi connectivity index (χ3n) is 2.95. The minimum atomic E-state index is -0.101. The second-order valence-corrected chi connectivity index (χ2v) is 4.29. The minimum absolute atomic E-state index is 0.101. The molecule has 0 aromatic heterocycles. The zero-order chi connectivity index (χ0) is 13.8. The molecule has 0 fully saturated rings. The highest BCUT2D eigenvalue weighted by atomic mass is 16.5. The number of hydrogen-bond donors (Lipinski definition) is 2. The summed E-state index contributed by atoms with van der Waals surface area (Å²) in [6.45, 7) is 2.10. The van der Waals surface area contributed by atoms with Gasteiger partial charge in [0.15, 0.2) is 0 Å². The van der Waals surface area contributed by atoms with Crippen LogP contribution in [0.15, 0.2) is 34.3 Å². The van der Waals surface area contributed by atoms with Crippen LogP contribution in [-0.2, 0) is 0 Å². The van der Waals surface area contributed by atoms with Crippen LogP contribution in [0.2, 0.25) is 0 Å². The third-order valence-corrected chi connectivity index (χ3v) is 2.95. The highest BCUT2D eigenvalue weighted by molar-refractivity contribution is 6.04. The fraction of sp³-hybridized carbons (Fsp3) is 0.385. The van der Waals surface area contributed by atoms with Crippen LogP contribution in [0.4, 0.5) is 5.69 Å². The maximum atomic E-state index is 5.98. The van der Waals surface area contributed by atoms with E-state index >= 15 is 0 Å². The molecule has 0 radical (unpaired) electrons. The van der Waals surface area contributed by atoms with Gasteiger partial charge < -0.3 is 16.2 Å². The quantitative estimate of drug-likeness (QED) is 0.854. The van der Waals surface area contributed by atoms with Crippen molar-refractivity contribution < 1.29 is 4.74 Å². The van der Waals surface area contributed by atoms with Gasteiger partial charge in [-0.25, -0.2) is 4.99 Å². The molecule has 1 unspecified atom stereocenters. The molecule has 2 rings (SSSR count). The van der Waals surface area contributed by atoms with Crippen molar-refractivity contribution in [3.8, 4) is 5.75 Å². The van der Waals surface area contributed by atoms with E-state index in [1.54, 1.807) is 7.11 Å². The van der Waals surface area contributed by atoms with Gasteiger partial charge in [0, 0.05) is 5.69 Å². The van der Waals surface area contributed by atoms with E-state index < -0.39 is 0 Å². The van der Waals surface area contributed by atoms with Crippen molar-refractivity contribution in [3.05, 3.63) is 24.3 Å². The molecule has 102 valence electrons. The summed E-state index contributed by atoms with van der Waals surface area (Å²) in [5, 5.41) is 0. The number of methoxy groups -OCH3 is 1. The smallest absolute Gasteiger partial charge is 0.220 e. The zero-order valence-corrected chi connectivity index (χ0v) is 11.2. The Hall–Kier alpha value is -2.24. The van der Waals surface area contributed by atoms with Crippen molar-refractivity contribution in [1.29, 1.82) is 0 Å². The molecule has 0 saturated heterocycles. The largest absolute Gasteiger partial charge is 0.497 e. The number of aliphatic imine (C=N–C) groups is 2. The average Bonchev–Trinajstić information content (AvgIpc) is 2.39. The van der Waals surface area contributed by atoms with Crippen molar-refractivity contribution in [3.63, 3.8) is 0 Å². The Morgan fingerprint density at radius 3 is 2.53 bits per heavy atom. The standard InChI is InChI=1S/C13H19N5O/c1-3-4-11-16-12(14)17-13(15)18(11)9-5-7-10(19-2)8-6-9/h5-8,11H,3-4H2,1-2H3,(H4,14,15,16,17). The van der Waals surface area contributed by atoms with E-state index in [1.165, 1.54) is 0 Å². The van der Waals surface area contributed by atoms with Crippen molar-refractivity contribution in [2.75, 3.05) is 12.0 Å². The van der Waals surface area contributed by atoms with Crippen molar-refractivity contribution in [2.24, 2.45) is 21.5 Å². The molecule has 0 amide bonds. The first-order valence-corrected chi connectivity index (χ1v) is 6.26. The lowest BCUT2D eigenvalue weighted by molar-refractivity contribution is 0.415. The molecule has 1 aliphatic heterocycles. The van der Waals surface area contributed by atoms with Gasteiger partial charge in [-0.1, -0.05) is 13.3 Å². The SMILES string of the molecule is CCCC1N=C(N)N=C(N)N1c1ccc(OC)cc1. The fourth-order valence-electron chi connectivity index (χ4n) is 2.06. The molecule has 0 bridgehead atoms. The number of ether oxygens (including phenoxy) is 1. The Morgan fingerprint density at radius 1 is 1.26 bits per heavy atom. The molecule has 1 atom stereocenters. The second kappa shape index (κ2) is 5.60. The van der Waals surface area contributed by atoms with Crippen LogP contribution in [0.3, 0.4) is 0 Å². The monoisotopic (exact) mass is 261 g/mol. The molecule has 0 spiro atoms. The molecule has 0 aliphatic carbocycles. The molecule has 4 N–H and O–H groups in total. The molecule has 19 heavy (non-hydrogen) atoms. The van der Waals surface area contributed by atoms with Crippen LogP contribution < -0.4 is 21.1 Å². The zero-order valence-electron chi connectivity index (χ0n) is 11.2. The highest BCUT2D eigenvalue weighted by Gasteiger charge is 2.24. The number of benzene rings is 1. The summed E-state index contributed by atoms with van der Waals surface area (Å²) in [6.07, 6.45) is 1.75. The molecular formula is C13H19N5O. The molecule has 1 aromatic rings. The Bertz CT molecular complexity index is 494. The van der Waals surface area contributed by atoms with Gasteiger partial charge in [-0.05, 0) is 30.7 Å². The molecule has 6 heteroatoms. The molecule has 1 aromatic carbocycles. The second-order valence-electron chi connectivity index (χ2n) is 4.29. The number of rotatable bonds is 4. The van der Waals surface area contributed by atoms with Gasteiger partial charge >= 0.3 is 0 Å². The number of nitrogens with two attached hydrogens (primary N) is 2. The van der Waals surface area contributed by atoms with Crippen LogP contribution in [0.5, 0.6) is 5.75 Å². The highest BCUT2D eigenvalue weighted by Crippen LogP contribution is 2.24. The number of anilines is 1. The lowest BCUT2D eigenvalue weighted by Crippen LogP contribution is -2.48. The Balaban J connectivity index is 2.31. The molecule has 0 saturated carbocycles. The van der Waals surface area contributed by atoms with E-state index in [2.05, 4.69) is 16.9 Å². The summed E-state index contributed by atoms with van der Waals surface area (Å²) >= 11 is 0. The van der Waals surface area contributed by atoms with Crippen molar-refractivity contribution >= 4 is 17.6 Å². The van der Waals surface area contributed by atoms with Crippen LogP contribution in [0.1, 0.15) is 19.8 Å². The van der Waals surface area contributed by atoms with Crippen molar-refractivity contribution in [1.82, 2.24) is 0 Å². The average molecular weight is 261 g/mol. The van der Waals surface area contributed by atoms with Crippen LogP contribution in [0.25, 0.3) is 0 Å². The summed E-state index contributed by atoms with van der Waals surface area (Å²) in [5.41, 5.74) is 12.6. The van der Waals surface area contributed by atoms with Gasteiger partial charge in [0.25, 0.3) is 0 Å². The third kappa shape index (κ3) is 2.78. The molecule has 6 nitrogen and oxygen atoms in total. The number of nitrogens with zero attached hydrogens (tertiary/aromatic N) is 3.